The van der Waals surface area contributed by atoms with Crippen LogP contribution in [0.1, 0.15) is 16.8 Å². The summed E-state index contributed by atoms with van der Waals surface area (Å²) >= 11 is 1.17. The number of aromatic nitrogens is 1. The number of aliphatic carboxylic acids is 1. The summed E-state index contributed by atoms with van der Waals surface area (Å²) in [6.45, 7) is 0.109. The number of hydrogen-bond donors (Lipinski definition) is 3. The molecule has 0 saturated carbocycles. The van der Waals surface area contributed by atoms with E-state index < -0.39 is 30.7 Å². The highest BCUT2D eigenvalue weighted by molar-refractivity contribution is 7.07. The van der Waals surface area contributed by atoms with Crippen LogP contribution in [0, 0.1) is 0 Å². The predicted octanol–water partition coefficient (Wildman–Crippen LogP) is 3.05. The molecule has 3 rings (SSSR count). The minimum atomic E-state index is -4.82. The fourth-order valence-electron chi connectivity index (χ4n) is 3.62. The summed E-state index contributed by atoms with van der Waals surface area (Å²) in [7, 11) is 2.89. The summed E-state index contributed by atoms with van der Waals surface area (Å²) < 4.78 is 53.9. The maximum atomic E-state index is 13.1. The van der Waals surface area contributed by atoms with E-state index in [9.17, 15) is 27.6 Å². The van der Waals surface area contributed by atoms with Crippen molar-refractivity contribution in [2.24, 2.45) is 4.99 Å². The van der Waals surface area contributed by atoms with Crippen LogP contribution in [0.4, 0.5) is 13.2 Å². The van der Waals surface area contributed by atoms with E-state index in [1.54, 1.807) is 22.1 Å². The Morgan fingerprint density at radius 3 is 2.37 bits per heavy atom. The normalized spacial score (nSPS) is 11.7. The number of nitrogens with zero attached hydrogens (tertiary/aromatic N) is 2. The number of ether oxygens (including phenoxy) is 3. The van der Waals surface area contributed by atoms with Crippen LogP contribution in [0.3, 0.4) is 0 Å². The minimum absolute atomic E-state index is 0.0951. The average molecular weight is 597 g/mol. The van der Waals surface area contributed by atoms with Gasteiger partial charge in [-0.05, 0) is 54.9 Å². The molecule has 0 saturated heterocycles. The monoisotopic (exact) mass is 596 g/mol. The van der Waals surface area contributed by atoms with E-state index in [0.29, 0.717) is 41.3 Å². The Morgan fingerprint density at radius 1 is 1.02 bits per heavy atom. The fourth-order valence-corrected chi connectivity index (χ4v) is 4.55. The number of carbonyl (C=O) groups is 3. The second-order valence-electron chi connectivity index (χ2n) is 8.31. The number of methoxy groups -OCH3 is 2. The zero-order valence-electron chi connectivity index (χ0n) is 22.0. The minimum Gasteiger partial charge on any atom is -0.497 e. The van der Waals surface area contributed by atoms with Gasteiger partial charge in [0.2, 0.25) is 5.91 Å². The molecule has 220 valence electrons. The molecule has 0 spiro atoms. The van der Waals surface area contributed by atoms with Crippen LogP contribution in [-0.2, 0) is 16.1 Å². The Balaban J connectivity index is 1.85. The van der Waals surface area contributed by atoms with Gasteiger partial charge >= 0.3 is 12.3 Å². The van der Waals surface area contributed by atoms with Crippen molar-refractivity contribution in [3.8, 4) is 28.5 Å². The molecule has 0 aliphatic carbocycles. The Hall–Kier alpha value is -4.37. The molecular weight excluding hydrogens is 569 g/mol. The lowest BCUT2D eigenvalue weighted by Crippen LogP contribution is -2.37. The molecule has 0 atom stereocenters. The lowest BCUT2D eigenvalue weighted by atomic mass is 10.1. The maximum absolute atomic E-state index is 13.1. The predicted molar refractivity (Wildman–Crippen MR) is 142 cm³/mol. The number of rotatable bonds is 13. The number of thiazole rings is 1. The third-order valence-electron chi connectivity index (χ3n) is 5.48. The Morgan fingerprint density at radius 2 is 1.73 bits per heavy atom. The fraction of sp³-hybridized carbons (Fsp3) is 0.308. The van der Waals surface area contributed by atoms with Crippen LogP contribution in [0.5, 0.6) is 17.2 Å². The number of benzene rings is 2. The molecule has 15 heteroatoms. The van der Waals surface area contributed by atoms with Crippen LogP contribution >= 0.6 is 11.3 Å². The summed E-state index contributed by atoms with van der Waals surface area (Å²) in [4.78, 5) is 40.0. The van der Waals surface area contributed by atoms with E-state index >= 15 is 0 Å². The largest absolute Gasteiger partial charge is 0.573 e. The van der Waals surface area contributed by atoms with Gasteiger partial charge in [-0.2, -0.15) is 4.99 Å². The molecule has 0 aliphatic heterocycles. The molecule has 3 aromatic rings. The first-order valence-corrected chi connectivity index (χ1v) is 12.9. The van der Waals surface area contributed by atoms with Gasteiger partial charge < -0.3 is 34.5 Å². The molecule has 0 bridgehead atoms. The second-order valence-corrected chi connectivity index (χ2v) is 9.15. The van der Waals surface area contributed by atoms with E-state index in [0.717, 1.165) is 0 Å². The lowest BCUT2D eigenvalue weighted by molar-refractivity contribution is -0.274. The first-order chi connectivity index (χ1) is 19.5. The van der Waals surface area contributed by atoms with Crippen LogP contribution in [0.15, 0.2) is 52.8 Å². The highest BCUT2D eigenvalue weighted by Crippen LogP contribution is 2.28. The van der Waals surface area contributed by atoms with Crippen molar-refractivity contribution in [2.45, 2.75) is 19.3 Å². The molecule has 0 aliphatic rings. The molecule has 0 radical (unpaired) electrons. The number of amides is 2. The quantitative estimate of drug-likeness (QED) is 0.256. The van der Waals surface area contributed by atoms with Crippen LogP contribution < -0.4 is 29.6 Å². The second kappa shape index (κ2) is 14.3. The van der Waals surface area contributed by atoms with Gasteiger partial charge in [0.05, 0.1) is 32.0 Å². The van der Waals surface area contributed by atoms with Crippen LogP contribution in [-0.4, -0.2) is 67.7 Å². The summed E-state index contributed by atoms with van der Waals surface area (Å²) in [5, 5.41) is 15.5. The molecular formula is C26H27F3N4O7S. The van der Waals surface area contributed by atoms with E-state index in [4.69, 9.17) is 14.6 Å². The highest BCUT2D eigenvalue weighted by atomic mass is 32.1. The molecule has 41 heavy (non-hydrogen) atoms. The SMILES string of the molecule is COc1ccc(C(=O)N=c2scc(-c3ccc(OC(F)(F)F)cc3)n2CCCNCC(=O)NCC(=O)O)c(OC)c1. The molecule has 2 amide bonds. The molecule has 0 fully saturated rings. The van der Waals surface area contributed by atoms with Gasteiger partial charge in [-0.15, -0.1) is 24.5 Å². The van der Waals surface area contributed by atoms with E-state index in [1.807, 2.05) is 0 Å². The van der Waals surface area contributed by atoms with Gasteiger partial charge in [-0.3, -0.25) is 14.4 Å². The third kappa shape index (κ3) is 9.36. The van der Waals surface area contributed by atoms with E-state index in [2.05, 4.69) is 20.4 Å². The molecule has 3 N–H and O–H groups in total. The number of carbonyl (C=O) groups excluding carboxylic acids is 2. The first kappa shape index (κ1) is 31.2. The van der Waals surface area contributed by atoms with Gasteiger partial charge in [-0.25, -0.2) is 0 Å². The summed E-state index contributed by atoms with van der Waals surface area (Å²) in [6, 6.07) is 9.98. The highest BCUT2D eigenvalue weighted by Gasteiger charge is 2.31. The Labute approximate surface area is 236 Å². The molecule has 2 aromatic carbocycles. The summed E-state index contributed by atoms with van der Waals surface area (Å²) in [5.74, 6) is -1.82. The van der Waals surface area contributed by atoms with Crippen LogP contribution in [0.2, 0.25) is 0 Å². The van der Waals surface area contributed by atoms with Crippen molar-refractivity contribution in [1.82, 2.24) is 15.2 Å². The van der Waals surface area contributed by atoms with E-state index in [1.165, 1.54) is 55.9 Å². The van der Waals surface area contributed by atoms with Crippen LogP contribution in [0.25, 0.3) is 11.3 Å². The lowest BCUT2D eigenvalue weighted by Gasteiger charge is -2.12. The smallest absolute Gasteiger partial charge is 0.497 e. The zero-order chi connectivity index (χ0) is 30.0. The standard InChI is InChI=1S/C26H27F3N4O7S/c1-38-18-8-9-19(21(12-18)39-2)24(37)32-25-33(11-3-10-30-13-22(34)31-14-23(35)36)20(15-41-25)16-4-6-17(7-5-16)40-26(27,28)29/h4-9,12,15,30H,3,10-11,13-14H2,1-2H3,(H,31,34)(H,35,36). The van der Waals surface area contributed by atoms with Gasteiger partial charge in [0.15, 0.2) is 4.80 Å². The zero-order valence-corrected chi connectivity index (χ0v) is 22.8. The summed E-state index contributed by atoms with van der Waals surface area (Å²) in [6.07, 6.45) is -4.35. The Kier molecular flexibility index (Phi) is 10.9. The molecule has 0 unspecified atom stereocenters. The summed E-state index contributed by atoms with van der Waals surface area (Å²) in [5.41, 5.74) is 1.37. The van der Waals surface area contributed by atoms with Crippen molar-refractivity contribution >= 4 is 29.1 Å². The topological polar surface area (TPSA) is 140 Å². The van der Waals surface area contributed by atoms with Crippen molar-refractivity contribution in [2.75, 3.05) is 33.9 Å². The number of hydrogen-bond acceptors (Lipinski definition) is 8. The number of alkyl halides is 3. The van der Waals surface area contributed by atoms with Gasteiger partial charge in [0.1, 0.15) is 23.8 Å². The van der Waals surface area contributed by atoms with E-state index in [-0.39, 0.29) is 23.6 Å². The van der Waals surface area contributed by atoms with Crippen molar-refractivity contribution in [1.29, 1.82) is 0 Å². The van der Waals surface area contributed by atoms with Gasteiger partial charge in [-0.1, -0.05) is 0 Å². The molecule has 11 nitrogen and oxygen atoms in total. The first-order valence-electron chi connectivity index (χ1n) is 12.1. The number of carboxylic acids is 1. The van der Waals surface area contributed by atoms with Gasteiger partial charge in [0, 0.05) is 18.0 Å². The van der Waals surface area contributed by atoms with Crippen molar-refractivity contribution in [3.05, 3.63) is 58.2 Å². The Bertz CT molecular complexity index is 1440. The van der Waals surface area contributed by atoms with Gasteiger partial charge in [0.25, 0.3) is 5.91 Å². The molecule has 1 aromatic heterocycles. The van der Waals surface area contributed by atoms with Crippen molar-refractivity contribution in [3.63, 3.8) is 0 Å². The van der Waals surface area contributed by atoms with Crippen molar-refractivity contribution < 1.29 is 46.9 Å². The number of halogens is 3. The number of nitrogens with one attached hydrogen (secondary N) is 2. The average Bonchev–Trinajstić information content (AvgIpc) is 3.32. The number of carboxylic acid groups (broad SMARTS) is 1. The third-order valence-corrected chi connectivity index (χ3v) is 6.34. The molecule has 1 heterocycles. The maximum Gasteiger partial charge on any atom is 0.573 e.